The molecule has 0 amide bonds. The number of nitrogens with zero attached hydrogens (tertiary/aromatic N) is 4. The second-order valence-electron chi connectivity index (χ2n) is 2.82. The molecule has 5 nitrogen and oxygen atoms in total. The standard InChI is InChI=1S/C7H6BrF2N5/c8-5-4-6(11)12-2-13-7(4)15(14-5)1-3(9)10/h2-3H,1H2,(H2,11,12,13). The molecule has 2 N–H and O–H groups in total. The summed E-state index contributed by atoms with van der Waals surface area (Å²) in [6.07, 6.45) is -1.27. The van der Waals surface area contributed by atoms with E-state index in [1.165, 1.54) is 6.33 Å². The number of aromatic nitrogens is 4. The van der Waals surface area contributed by atoms with Crippen molar-refractivity contribution in [3.05, 3.63) is 10.9 Å². The van der Waals surface area contributed by atoms with E-state index in [9.17, 15) is 8.78 Å². The summed E-state index contributed by atoms with van der Waals surface area (Å²) in [5.74, 6) is 0.215. The predicted octanol–water partition coefficient (Wildman–Crippen LogP) is 1.44. The van der Waals surface area contributed by atoms with Crippen molar-refractivity contribution in [2.24, 2.45) is 0 Å². The molecule has 0 atom stereocenters. The number of nitrogens with two attached hydrogens (primary N) is 1. The van der Waals surface area contributed by atoms with Gasteiger partial charge in [-0.15, -0.1) is 0 Å². The first kappa shape index (κ1) is 10.2. The van der Waals surface area contributed by atoms with Gasteiger partial charge in [0, 0.05) is 0 Å². The van der Waals surface area contributed by atoms with E-state index >= 15 is 0 Å². The Morgan fingerprint density at radius 3 is 2.87 bits per heavy atom. The lowest BCUT2D eigenvalue weighted by Gasteiger charge is -2.00. The number of alkyl halides is 2. The van der Waals surface area contributed by atoms with E-state index < -0.39 is 13.0 Å². The topological polar surface area (TPSA) is 69.6 Å². The maximum atomic E-state index is 12.2. The maximum absolute atomic E-state index is 12.2. The maximum Gasteiger partial charge on any atom is 0.258 e. The average molecular weight is 278 g/mol. The van der Waals surface area contributed by atoms with E-state index in [1.54, 1.807) is 0 Å². The number of fused-ring (bicyclic) bond motifs is 1. The first-order valence-electron chi connectivity index (χ1n) is 4.00. The molecule has 0 fully saturated rings. The first-order chi connectivity index (χ1) is 7.09. The van der Waals surface area contributed by atoms with E-state index in [1.807, 2.05) is 0 Å². The summed E-state index contributed by atoms with van der Waals surface area (Å²) < 4.78 is 25.9. The van der Waals surface area contributed by atoms with Crippen LogP contribution in [0.5, 0.6) is 0 Å². The van der Waals surface area contributed by atoms with E-state index in [0.29, 0.717) is 15.6 Å². The molecule has 2 rings (SSSR count). The Hall–Kier alpha value is -1.31. The van der Waals surface area contributed by atoms with E-state index in [4.69, 9.17) is 5.73 Å². The minimum absolute atomic E-state index is 0.215. The third kappa shape index (κ3) is 1.76. The van der Waals surface area contributed by atoms with Gasteiger partial charge in [-0.05, 0) is 15.9 Å². The van der Waals surface area contributed by atoms with Crippen LogP contribution in [-0.4, -0.2) is 26.2 Å². The lowest BCUT2D eigenvalue weighted by atomic mass is 10.4. The van der Waals surface area contributed by atoms with Crippen molar-refractivity contribution in [1.82, 2.24) is 19.7 Å². The van der Waals surface area contributed by atoms with Gasteiger partial charge in [-0.3, -0.25) is 0 Å². The van der Waals surface area contributed by atoms with Crippen molar-refractivity contribution in [1.29, 1.82) is 0 Å². The van der Waals surface area contributed by atoms with Crippen molar-refractivity contribution in [3.8, 4) is 0 Å². The molecular formula is C7H6BrF2N5. The van der Waals surface area contributed by atoms with Gasteiger partial charge in [-0.1, -0.05) is 0 Å². The van der Waals surface area contributed by atoms with Crippen LogP contribution in [0.2, 0.25) is 0 Å². The summed E-state index contributed by atoms with van der Waals surface area (Å²) in [4.78, 5) is 7.62. The fraction of sp³-hybridized carbons (Fsp3) is 0.286. The van der Waals surface area contributed by atoms with Gasteiger partial charge in [-0.25, -0.2) is 23.4 Å². The van der Waals surface area contributed by atoms with Crippen LogP contribution >= 0.6 is 15.9 Å². The molecule has 2 heterocycles. The van der Waals surface area contributed by atoms with Crippen molar-refractivity contribution < 1.29 is 8.78 Å². The largest absolute Gasteiger partial charge is 0.383 e. The van der Waals surface area contributed by atoms with Crippen molar-refractivity contribution in [3.63, 3.8) is 0 Å². The smallest absolute Gasteiger partial charge is 0.258 e. The summed E-state index contributed by atoms with van der Waals surface area (Å²) in [7, 11) is 0. The van der Waals surface area contributed by atoms with Crippen LogP contribution in [0.25, 0.3) is 11.0 Å². The minimum atomic E-state index is -2.49. The fourth-order valence-electron chi connectivity index (χ4n) is 1.24. The van der Waals surface area contributed by atoms with Crippen LogP contribution in [0.3, 0.4) is 0 Å². The molecule has 0 aliphatic rings. The molecule has 0 aromatic carbocycles. The molecule has 0 radical (unpaired) electrons. The van der Waals surface area contributed by atoms with Crippen molar-refractivity contribution >= 4 is 32.8 Å². The van der Waals surface area contributed by atoms with Crippen LogP contribution in [0, 0.1) is 0 Å². The number of nitrogen functional groups attached to an aromatic ring is 1. The van der Waals surface area contributed by atoms with Gasteiger partial charge in [0.05, 0.1) is 5.39 Å². The summed E-state index contributed by atoms with van der Waals surface area (Å²) in [6.45, 7) is -0.515. The van der Waals surface area contributed by atoms with E-state index in [0.717, 1.165) is 4.68 Å². The van der Waals surface area contributed by atoms with Gasteiger partial charge in [0.2, 0.25) is 0 Å². The predicted molar refractivity (Wildman–Crippen MR) is 53.4 cm³/mol. The Bertz CT molecular complexity index is 497. The number of rotatable bonds is 2. The monoisotopic (exact) mass is 277 g/mol. The summed E-state index contributed by atoms with van der Waals surface area (Å²) in [5.41, 5.74) is 5.88. The quantitative estimate of drug-likeness (QED) is 0.902. The lowest BCUT2D eigenvalue weighted by molar-refractivity contribution is 0.123. The van der Waals surface area contributed by atoms with Gasteiger partial charge >= 0.3 is 0 Å². The Labute approximate surface area is 91.4 Å². The number of anilines is 1. The average Bonchev–Trinajstić information content (AvgIpc) is 2.44. The molecule has 0 saturated heterocycles. The van der Waals surface area contributed by atoms with E-state index in [2.05, 4.69) is 31.0 Å². The normalized spacial score (nSPS) is 11.5. The zero-order valence-corrected chi connectivity index (χ0v) is 8.95. The zero-order chi connectivity index (χ0) is 11.0. The molecule has 0 saturated carbocycles. The second kappa shape index (κ2) is 3.69. The SMILES string of the molecule is Nc1ncnc2c1c(Br)nn2CC(F)F. The summed E-state index contributed by atoms with van der Waals surface area (Å²) in [6, 6.07) is 0. The highest BCUT2D eigenvalue weighted by molar-refractivity contribution is 9.10. The lowest BCUT2D eigenvalue weighted by Crippen LogP contribution is -2.08. The summed E-state index contributed by atoms with van der Waals surface area (Å²) in [5, 5.41) is 4.32. The fourth-order valence-corrected chi connectivity index (χ4v) is 1.82. The van der Waals surface area contributed by atoms with Crippen LogP contribution in [0.4, 0.5) is 14.6 Å². The molecule has 80 valence electrons. The molecule has 8 heteroatoms. The molecule has 0 spiro atoms. The van der Waals surface area contributed by atoms with Crippen LogP contribution in [-0.2, 0) is 6.54 Å². The Morgan fingerprint density at radius 1 is 1.47 bits per heavy atom. The Kier molecular flexibility index (Phi) is 2.51. The molecule has 15 heavy (non-hydrogen) atoms. The van der Waals surface area contributed by atoms with Crippen molar-refractivity contribution in [2.45, 2.75) is 13.0 Å². The minimum Gasteiger partial charge on any atom is -0.383 e. The highest BCUT2D eigenvalue weighted by atomic mass is 79.9. The number of hydrogen-bond acceptors (Lipinski definition) is 4. The Balaban J connectivity index is 2.63. The van der Waals surface area contributed by atoms with Crippen LogP contribution in [0.1, 0.15) is 0 Å². The van der Waals surface area contributed by atoms with Gasteiger partial charge in [-0.2, -0.15) is 5.10 Å². The number of hydrogen-bond donors (Lipinski definition) is 1. The van der Waals surface area contributed by atoms with Gasteiger partial charge < -0.3 is 5.73 Å². The van der Waals surface area contributed by atoms with Crippen molar-refractivity contribution in [2.75, 3.05) is 5.73 Å². The van der Waals surface area contributed by atoms with Gasteiger partial charge in [0.1, 0.15) is 23.3 Å². The van der Waals surface area contributed by atoms with Crippen LogP contribution < -0.4 is 5.73 Å². The molecule has 0 bridgehead atoms. The molecule has 0 aliphatic carbocycles. The molecule has 0 unspecified atom stereocenters. The molecular weight excluding hydrogens is 272 g/mol. The Morgan fingerprint density at radius 2 is 2.20 bits per heavy atom. The third-order valence-corrected chi connectivity index (χ3v) is 2.38. The van der Waals surface area contributed by atoms with E-state index in [-0.39, 0.29) is 5.82 Å². The first-order valence-corrected chi connectivity index (χ1v) is 4.79. The third-order valence-electron chi connectivity index (χ3n) is 1.83. The summed E-state index contributed by atoms with van der Waals surface area (Å²) >= 11 is 3.12. The molecule has 2 aromatic heterocycles. The highest BCUT2D eigenvalue weighted by Crippen LogP contribution is 2.25. The van der Waals surface area contributed by atoms with Gasteiger partial charge in [0.15, 0.2) is 5.65 Å². The van der Waals surface area contributed by atoms with Gasteiger partial charge in [0.25, 0.3) is 6.43 Å². The highest BCUT2D eigenvalue weighted by Gasteiger charge is 2.15. The van der Waals surface area contributed by atoms with Crippen LogP contribution in [0.15, 0.2) is 10.9 Å². The second-order valence-corrected chi connectivity index (χ2v) is 3.57. The zero-order valence-electron chi connectivity index (χ0n) is 7.36. The molecule has 0 aliphatic heterocycles. The molecule has 2 aromatic rings. The number of halogens is 3.